The summed E-state index contributed by atoms with van der Waals surface area (Å²) in [5.74, 6) is 5.38. The van der Waals surface area contributed by atoms with E-state index in [0.717, 1.165) is 0 Å². The van der Waals surface area contributed by atoms with Gasteiger partial charge in [0.2, 0.25) is 0 Å². The molecule has 54 valence electrons. The molecule has 1 rings (SSSR count). The smallest absolute Gasteiger partial charge is 0.0983 e. The van der Waals surface area contributed by atoms with Gasteiger partial charge in [0.1, 0.15) is 0 Å². The van der Waals surface area contributed by atoms with Crippen molar-refractivity contribution in [2.75, 3.05) is 20.2 Å². The van der Waals surface area contributed by atoms with Crippen molar-refractivity contribution in [2.45, 2.75) is 12.2 Å². The molecule has 0 spiro atoms. The Morgan fingerprint density at radius 2 is 2.33 bits per heavy atom. The van der Waals surface area contributed by atoms with Crippen molar-refractivity contribution in [3.05, 3.63) is 0 Å². The molecule has 0 radical (unpaired) electrons. The van der Waals surface area contributed by atoms with Crippen LogP contribution in [0.3, 0.4) is 0 Å². The first-order chi connectivity index (χ1) is 4.24. The minimum atomic E-state index is -0.417. The Bertz CT molecular complexity index is 99.0. The highest BCUT2D eigenvalue weighted by molar-refractivity contribution is 4.80. The van der Waals surface area contributed by atoms with Crippen LogP contribution < -0.4 is 5.84 Å². The molecule has 3 N–H and O–H groups in total. The summed E-state index contributed by atoms with van der Waals surface area (Å²) in [6.07, 6.45) is -0.519. The van der Waals surface area contributed by atoms with Crippen LogP contribution in [-0.4, -0.2) is 42.5 Å². The number of aliphatic hydroxyl groups excluding tert-OH is 1. The summed E-state index contributed by atoms with van der Waals surface area (Å²) in [5.41, 5.74) is 0. The molecule has 0 aromatic heterocycles. The predicted octanol–water partition coefficient (Wildman–Crippen LogP) is -1.45. The largest absolute Gasteiger partial charge is 0.389 e. The number of β-amino-alcohol motifs (C(OH)–C–C–N with tert-alkyl or cyclic N) is 1. The molecule has 9 heavy (non-hydrogen) atoms. The third-order valence-corrected chi connectivity index (χ3v) is 1.57. The maximum atomic E-state index is 9.11. The minimum Gasteiger partial charge on any atom is -0.389 e. The van der Waals surface area contributed by atoms with Crippen molar-refractivity contribution in [3.8, 4) is 0 Å². The molecular weight excluding hydrogens is 120 g/mol. The molecule has 4 heteroatoms. The lowest BCUT2D eigenvalue weighted by Crippen LogP contribution is -2.29. The summed E-state index contributed by atoms with van der Waals surface area (Å²) in [4.78, 5) is 0. The molecule has 0 aliphatic carbocycles. The number of rotatable bonds is 1. The van der Waals surface area contributed by atoms with Gasteiger partial charge in [0.25, 0.3) is 0 Å². The summed E-state index contributed by atoms with van der Waals surface area (Å²) in [6.45, 7) is 1.14. The van der Waals surface area contributed by atoms with E-state index in [1.807, 2.05) is 0 Å². The van der Waals surface area contributed by atoms with E-state index in [9.17, 15) is 0 Å². The average molecular weight is 132 g/mol. The third-order valence-electron chi connectivity index (χ3n) is 1.57. The summed E-state index contributed by atoms with van der Waals surface area (Å²) in [7, 11) is 1.58. The van der Waals surface area contributed by atoms with Gasteiger partial charge in [-0.2, -0.15) is 0 Å². The lowest BCUT2D eigenvalue weighted by molar-refractivity contribution is 0.0215. The van der Waals surface area contributed by atoms with Crippen LogP contribution in [0.5, 0.6) is 0 Å². The van der Waals surface area contributed by atoms with Crippen LogP contribution in [0, 0.1) is 0 Å². The summed E-state index contributed by atoms with van der Waals surface area (Å²) in [6, 6.07) is 0. The highest BCUT2D eigenvalue weighted by Crippen LogP contribution is 2.07. The van der Waals surface area contributed by atoms with Crippen LogP contribution >= 0.6 is 0 Å². The highest BCUT2D eigenvalue weighted by Gasteiger charge is 2.28. The fourth-order valence-electron chi connectivity index (χ4n) is 1.02. The number of nitrogens with zero attached hydrogens (tertiary/aromatic N) is 1. The molecular formula is C5H12N2O2. The molecule has 0 bridgehead atoms. The van der Waals surface area contributed by atoms with Crippen LogP contribution in [0.2, 0.25) is 0 Å². The van der Waals surface area contributed by atoms with E-state index in [1.54, 1.807) is 12.1 Å². The van der Waals surface area contributed by atoms with E-state index in [4.69, 9.17) is 15.7 Å². The van der Waals surface area contributed by atoms with Crippen LogP contribution in [0.15, 0.2) is 0 Å². The van der Waals surface area contributed by atoms with Crippen molar-refractivity contribution < 1.29 is 9.84 Å². The molecule has 4 nitrogen and oxygen atoms in total. The van der Waals surface area contributed by atoms with E-state index in [1.165, 1.54) is 0 Å². The third kappa shape index (κ3) is 1.40. The Balaban J connectivity index is 2.38. The van der Waals surface area contributed by atoms with Gasteiger partial charge in [0.15, 0.2) is 0 Å². The first-order valence-corrected chi connectivity index (χ1v) is 2.94. The summed E-state index contributed by atoms with van der Waals surface area (Å²) in [5, 5.41) is 10.7. The van der Waals surface area contributed by atoms with Crippen LogP contribution in [0.1, 0.15) is 0 Å². The normalized spacial score (nSPS) is 37.7. The second kappa shape index (κ2) is 2.62. The second-order valence-electron chi connectivity index (χ2n) is 2.30. The van der Waals surface area contributed by atoms with Gasteiger partial charge in [-0.05, 0) is 0 Å². The van der Waals surface area contributed by atoms with Gasteiger partial charge >= 0.3 is 0 Å². The summed E-state index contributed by atoms with van der Waals surface area (Å²) >= 11 is 0. The van der Waals surface area contributed by atoms with Crippen molar-refractivity contribution in [2.24, 2.45) is 5.84 Å². The minimum absolute atomic E-state index is 0.102. The number of hydrazine groups is 1. The van der Waals surface area contributed by atoms with Crippen molar-refractivity contribution in [1.29, 1.82) is 0 Å². The Kier molecular flexibility index (Phi) is 2.02. The standard InChI is InChI=1S/C5H12N2O2/c1-9-5-3-7(6)2-4(5)8/h4-5,8H,2-3,6H2,1H3/t4-,5-/m0/s1. The second-order valence-corrected chi connectivity index (χ2v) is 2.30. The fraction of sp³-hybridized carbons (Fsp3) is 1.00. The first kappa shape index (κ1) is 6.95. The molecule has 0 unspecified atom stereocenters. The summed E-state index contributed by atoms with van der Waals surface area (Å²) < 4.78 is 4.92. The van der Waals surface area contributed by atoms with E-state index >= 15 is 0 Å². The molecule has 1 saturated heterocycles. The molecule has 1 aliphatic heterocycles. The number of hydrogen-bond acceptors (Lipinski definition) is 4. The highest BCUT2D eigenvalue weighted by atomic mass is 16.5. The Hall–Kier alpha value is -0.160. The molecule has 0 amide bonds. The maximum absolute atomic E-state index is 9.11. The van der Waals surface area contributed by atoms with Gasteiger partial charge in [-0.25, -0.2) is 5.01 Å². The molecule has 1 heterocycles. The molecule has 0 aromatic carbocycles. The Labute approximate surface area is 54.2 Å². The fourth-order valence-corrected chi connectivity index (χ4v) is 1.02. The van der Waals surface area contributed by atoms with Gasteiger partial charge < -0.3 is 9.84 Å². The molecule has 2 atom stereocenters. The topological polar surface area (TPSA) is 58.7 Å². The zero-order chi connectivity index (χ0) is 6.85. The predicted molar refractivity (Wildman–Crippen MR) is 32.6 cm³/mol. The molecule has 1 aliphatic rings. The van der Waals surface area contributed by atoms with Crippen molar-refractivity contribution in [3.63, 3.8) is 0 Å². The van der Waals surface area contributed by atoms with E-state index in [0.29, 0.717) is 13.1 Å². The molecule has 0 saturated carbocycles. The van der Waals surface area contributed by atoms with Gasteiger partial charge in [-0.15, -0.1) is 0 Å². The quantitative estimate of drug-likeness (QED) is 0.429. The van der Waals surface area contributed by atoms with Crippen LogP contribution in [0.4, 0.5) is 0 Å². The van der Waals surface area contributed by atoms with Gasteiger partial charge in [0.05, 0.1) is 12.2 Å². The van der Waals surface area contributed by atoms with Gasteiger partial charge in [-0.1, -0.05) is 0 Å². The maximum Gasteiger partial charge on any atom is 0.0983 e. The lowest BCUT2D eigenvalue weighted by atomic mass is 10.3. The number of hydrogen-bond donors (Lipinski definition) is 2. The zero-order valence-electron chi connectivity index (χ0n) is 5.45. The van der Waals surface area contributed by atoms with Gasteiger partial charge in [0, 0.05) is 20.2 Å². The number of aliphatic hydroxyl groups is 1. The lowest BCUT2D eigenvalue weighted by Gasteiger charge is -2.09. The Morgan fingerprint density at radius 3 is 2.56 bits per heavy atom. The Morgan fingerprint density at radius 1 is 1.67 bits per heavy atom. The van der Waals surface area contributed by atoms with Gasteiger partial charge in [-0.3, -0.25) is 5.84 Å². The van der Waals surface area contributed by atoms with Crippen LogP contribution in [-0.2, 0) is 4.74 Å². The van der Waals surface area contributed by atoms with E-state index in [2.05, 4.69) is 0 Å². The van der Waals surface area contributed by atoms with E-state index < -0.39 is 6.10 Å². The zero-order valence-corrected chi connectivity index (χ0v) is 5.45. The number of nitrogens with two attached hydrogens (primary N) is 1. The monoisotopic (exact) mass is 132 g/mol. The van der Waals surface area contributed by atoms with Crippen molar-refractivity contribution in [1.82, 2.24) is 5.01 Å². The first-order valence-electron chi connectivity index (χ1n) is 2.94. The van der Waals surface area contributed by atoms with Crippen molar-refractivity contribution >= 4 is 0 Å². The number of methoxy groups -OCH3 is 1. The SMILES string of the molecule is CO[C@H]1CN(N)C[C@@H]1O. The van der Waals surface area contributed by atoms with Crippen LogP contribution in [0.25, 0.3) is 0 Å². The van der Waals surface area contributed by atoms with E-state index in [-0.39, 0.29) is 6.10 Å². The number of ether oxygens (including phenoxy) is 1. The molecule has 1 fully saturated rings. The molecule has 0 aromatic rings. The average Bonchev–Trinajstić information content (AvgIpc) is 2.10.